The average molecular weight is 330 g/mol. The number of rotatable bonds is 4. The summed E-state index contributed by atoms with van der Waals surface area (Å²) in [5, 5.41) is 0.772. The molecule has 3 nitrogen and oxygen atoms in total. The first kappa shape index (κ1) is 16.0. The second-order valence-electron chi connectivity index (χ2n) is 5.88. The van der Waals surface area contributed by atoms with Crippen LogP contribution in [0.1, 0.15) is 28.8 Å². The van der Waals surface area contributed by atoms with Crippen LogP contribution in [0.3, 0.4) is 0 Å². The standard InChI is InChI=1S/C19H20ClNO2/c20-17-8-4-5-15(13-17)14-21-11-9-18(10-12-21)23-19(22)16-6-2-1-3-7-16/h1-8,13,18H,9-12,14H2. The smallest absolute Gasteiger partial charge is 0.338 e. The molecule has 0 aliphatic carbocycles. The third-order valence-electron chi connectivity index (χ3n) is 4.11. The lowest BCUT2D eigenvalue weighted by Crippen LogP contribution is -2.37. The lowest BCUT2D eigenvalue weighted by molar-refractivity contribution is 0.0104. The minimum absolute atomic E-state index is 0.0123. The van der Waals surface area contributed by atoms with E-state index >= 15 is 0 Å². The van der Waals surface area contributed by atoms with Gasteiger partial charge in [-0.3, -0.25) is 4.90 Å². The Morgan fingerprint density at radius 1 is 1.09 bits per heavy atom. The van der Waals surface area contributed by atoms with Crippen molar-refractivity contribution in [3.8, 4) is 0 Å². The van der Waals surface area contributed by atoms with Gasteiger partial charge in [-0.25, -0.2) is 4.79 Å². The minimum Gasteiger partial charge on any atom is -0.459 e. The van der Waals surface area contributed by atoms with Crippen molar-refractivity contribution in [2.45, 2.75) is 25.5 Å². The van der Waals surface area contributed by atoms with E-state index in [-0.39, 0.29) is 12.1 Å². The van der Waals surface area contributed by atoms with Crippen LogP contribution >= 0.6 is 11.6 Å². The monoisotopic (exact) mass is 329 g/mol. The van der Waals surface area contributed by atoms with Gasteiger partial charge < -0.3 is 4.74 Å². The number of ether oxygens (including phenoxy) is 1. The second-order valence-corrected chi connectivity index (χ2v) is 6.31. The normalized spacial score (nSPS) is 16.2. The van der Waals surface area contributed by atoms with E-state index in [4.69, 9.17) is 16.3 Å². The van der Waals surface area contributed by atoms with Crippen LogP contribution in [0.2, 0.25) is 5.02 Å². The fraction of sp³-hybridized carbons (Fsp3) is 0.316. The van der Waals surface area contributed by atoms with E-state index in [9.17, 15) is 4.79 Å². The number of hydrogen-bond donors (Lipinski definition) is 0. The summed E-state index contributed by atoms with van der Waals surface area (Å²) in [4.78, 5) is 14.4. The van der Waals surface area contributed by atoms with Gasteiger partial charge in [0.15, 0.2) is 0 Å². The Hall–Kier alpha value is -1.84. The van der Waals surface area contributed by atoms with Crippen LogP contribution in [0.5, 0.6) is 0 Å². The van der Waals surface area contributed by atoms with E-state index in [2.05, 4.69) is 11.0 Å². The van der Waals surface area contributed by atoms with Crippen molar-refractivity contribution in [3.05, 3.63) is 70.7 Å². The molecular formula is C19H20ClNO2. The number of carbonyl (C=O) groups excluding carboxylic acids is 1. The Bertz CT molecular complexity index is 651. The van der Waals surface area contributed by atoms with E-state index in [1.165, 1.54) is 5.56 Å². The molecule has 1 aliphatic heterocycles. The molecule has 4 heteroatoms. The van der Waals surface area contributed by atoms with Gasteiger partial charge in [-0.2, -0.15) is 0 Å². The van der Waals surface area contributed by atoms with Crippen LogP contribution in [-0.2, 0) is 11.3 Å². The largest absolute Gasteiger partial charge is 0.459 e. The summed E-state index contributed by atoms with van der Waals surface area (Å²) in [6.45, 7) is 2.75. The highest BCUT2D eigenvalue weighted by Gasteiger charge is 2.22. The minimum atomic E-state index is -0.223. The Morgan fingerprint density at radius 3 is 2.52 bits per heavy atom. The first-order chi connectivity index (χ1) is 11.2. The molecule has 2 aromatic rings. The number of likely N-dealkylation sites (tertiary alicyclic amines) is 1. The molecule has 0 N–H and O–H groups in total. The zero-order chi connectivity index (χ0) is 16.1. The van der Waals surface area contributed by atoms with Gasteiger partial charge in [0.2, 0.25) is 0 Å². The van der Waals surface area contributed by atoms with Crippen molar-refractivity contribution in [2.24, 2.45) is 0 Å². The van der Waals surface area contributed by atoms with E-state index in [1.807, 2.05) is 36.4 Å². The third kappa shape index (κ3) is 4.57. The van der Waals surface area contributed by atoms with E-state index in [0.717, 1.165) is 37.5 Å². The molecule has 1 heterocycles. The van der Waals surface area contributed by atoms with Crippen LogP contribution in [0.15, 0.2) is 54.6 Å². The molecule has 0 aromatic heterocycles. The fourth-order valence-electron chi connectivity index (χ4n) is 2.87. The van der Waals surface area contributed by atoms with Gasteiger partial charge in [-0.1, -0.05) is 41.9 Å². The summed E-state index contributed by atoms with van der Waals surface area (Å²) in [6.07, 6.45) is 1.76. The first-order valence-electron chi connectivity index (χ1n) is 7.93. The highest BCUT2D eigenvalue weighted by Crippen LogP contribution is 2.19. The summed E-state index contributed by atoms with van der Waals surface area (Å²) in [5.74, 6) is -0.223. The summed E-state index contributed by atoms with van der Waals surface area (Å²) in [6, 6.07) is 17.1. The van der Waals surface area contributed by atoms with Crippen LogP contribution in [-0.4, -0.2) is 30.1 Å². The summed E-state index contributed by atoms with van der Waals surface area (Å²) >= 11 is 6.03. The van der Waals surface area contributed by atoms with Crippen molar-refractivity contribution >= 4 is 17.6 Å². The molecule has 120 valence electrons. The maximum absolute atomic E-state index is 12.1. The second kappa shape index (κ2) is 7.62. The van der Waals surface area contributed by atoms with Crippen molar-refractivity contribution in [1.82, 2.24) is 4.90 Å². The highest BCUT2D eigenvalue weighted by molar-refractivity contribution is 6.30. The molecule has 0 unspecified atom stereocenters. The fourth-order valence-corrected chi connectivity index (χ4v) is 3.09. The molecule has 0 bridgehead atoms. The molecule has 0 saturated carbocycles. The number of nitrogens with zero attached hydrogens (tertiary/aromatic N) is 1. The molecule has 1 aliphatic rings. The predicted molar refractivity (Wildman–Crippen MR) is 91.6 cm³/mol. The Labute approximate surface area is 141 Å². The molecule has 2 aromatic carbocycles. The number of carbonyl (C=O) groups is 1. The third-order valence-corrected chi connectivity index (χ3v) is 4.35. The molecule has 0 atom stereocenters. The molecule has 3 rings (SSSR count). The van der Waals surface area contributed by atoms with Gasteiger partial charge in [0, 0.05) is 24.7 Å². The van der Waals surface area contributed by atoms with Gasteiger partial charge in [0.1, 0.15) is 6.10 Å². The molecule has 0 amide bonds. The van der Waals surface area contributed by atoms with Crippen LogP contribution in [0.25, 0.3) is 0 Å². The number of hydrogen-bond acceptors (Lipinski definition) is 3. The quantitative estimate of drug-likeness (QED) is 0.789. The number of benzene rings is 2. The number of halogens is 1. The molecular weight excluding hydrogens is 310 g/mol. The topological polar surface area (TPSA) is 29.5 Å². The maximum atomic E-state index is 12.1. The summed E-state index contributed by atoms with van der Waals surface area (Å²) < 4.78 is 5.61. The van der Waals surface area contributed by atoms with Gasteiger partial charge in [-0.05, 0) is 42.7 Å². The molecule has 1 fully saturated rings. The van der Waals surface area contributed by atoms with Gasteiger partial charge in [-0.15, -0.1) is 0 Å². The molecule has 1 saturated heterocycles. The van der Waals surface area contributed by atoms with Crippen molar-refractivity contribution in [3.63, 3.8) is 0 Å². The summed E-state index contributed by atoms with van der Waals surface area (Å²) in [7, 11) is 0. The summed E-state index contributed by atoms with van der Waals surface area (Å²) in [5.41, 5.74) is 1.84. The van der Waals surface area contributed by atoms with Crippen LogP contribution in [0, 0.1) is 0 Å². The van der Waals surface area contributed by atoms with Gasteiger partial charge in [0.05, 0.1) is 5.56 Å². The van der Waals surface area contributed by atoms with E-state index in [0.29, 0.717) is 5.56 Å². The van der Waals surface area contributed by atoms with Crippen molar-refractivity contribution < 1.29 is 9.53 Å². The van der Waals surface area contributed by atoms with Crippen molar-refractivity contribution in [1.29, 1.82) is 0 Å². The van der Waals surface area contributed by atoms with Gasteiger partial charge in [0.25, 0.3) is 0 Å². The number of esters is 1. The van der Waals surface area contributed by atoms with Crippen LogP contribution in [0.4, 0.5) is 0 Å². The Balaban J connectivity index is 1.48. The predicted octanol–water partition coefficient (Wildman–Crippen LogP) is 4.16. The Morgan fingerprint density at radius 2 is 1.83 bits per heavy atom. The van der Waals surface area contributed by atoms with E-state index in [1.54, 1.807) is 12.1 Å². The average Bonchev–Trinajstić information content (AvgIpc) is 2.57. The molecule has 23 heavy (non-hydrogen) atoms. The molecule has 0 radical (unpaired) electrons. The lowest BCUT2D eigenvalue weighted by Gasteiger charge is -2.31. The zero-order valence-electron chi connectivity index (χ0n) is 13.0. The van der Waals surface area contributed by atoms with Gasteiger partial charge >= 0.3 is 5.97 Å². The van der Waals surface area contributed by atoms with E-state index < -0.39 is 0 Å². The lowest BCUT2D eigenvalue weighted by atomic mass is 10.1. The Kier molecular flexibility index (Phi) is 5.31. The maximum Gasteiger partial charge on any atom is 0.338 e. The molecule has 0 spiro atoms. The first-order valence-corrected chi connectivity index (χ1v) is 8.31. The van der Waals surface area contributed by atoms with Crippen molar-refractivity contribution in [2.75, 3.05) is 13.1 Å². The van der Waals surface area contributed by atoms with Crippen LogP contribution < -0.4 is 0 Å². The highest BCUT2D eigenvalue weighted by atomic mass is 35.5. The SMILES string of the molecule is O=C(OC1CCN(Cc2cccc(Cl)c2)CC1)c1ccccc1. The number of piperidine rings is 1. The zero-order valence-corrected chi connectivity index (χ0v) is 13.7.